The van der Waals surface area contributed by atoms with Crippen molar-refractivity contribution in [2.45, 2.75) is 58.1 Å². The van der Waals surface area contributed by atoms with E-state index in [0.717, 1.165) is 32.5 Å². The van der Waals surface area contributed by atoms with E-state index in [4.69, 9.17) is 4.74 Å². The Kier molecular flexibility index (Phi) is 4.45. The lowest BCUT2D eigenvalue weighted by Crippen LogP contribution is -2.52. The highest BCUT2D eigenvalue weighted by molar-refractivity contribution is 4.91. The lowest BCUT2D eigenvalue weighted by molar-refractivity contribution is -0.0728. The van der Waals surface area contributed by atoms with Crippen LogP contribution in [0.15, 0.2) is 0 Å². The molecule has 3 atom stereocenters. The summed E-state index contributed by atoms with van der Waals surface area (Å²) >= 11 is 0. The van der Waals surface area contributed by atoms with Gasteiger partial charge in [-0.05, 0) is 25.7 Å². The van der Waals surface area contributed by atoms with Crippen LogP contribution >= 0.6 is 0 Å². The molecule has 1 aliphatic carbocycles. The molecule has 1 heterocycles. The minimum absolute atomic E-state index is 0.0687. The Labute approximate surface area is 105 Å². The molecule has 0 aromatic heterocycles. The average molecular weight is 241 g/mol. The third kappa shape index (κ3) is 3.01. The molecule has 100 valence electrons. The summed E-state index contributed by atoms with van der Waals surface area (Å²) < 4.78 is 5.84. The van der Waals surface area contributed by atoms with E-state index in [1.165, 1.54) is 19.3 Å². The van der Waals surface area contributed by atoms with Crippen LogP contribution in [0.3, 0.4) is 0 Å². The first kappa shape index (κ1) is 13.3. The zero-order chi connectivity index (χ0) is 12.3. The maximum absolute atomic E-state index is 9.63. The second-order valence-electron chi connectivity index (χ2n) is 6.10. The van der Waals surface area contributed by atoms with Crippen LogP contribution in [0.5, 0.6) is 0 Å². The van der Waals surface area contributed by atoms with Crippen LogP contribution in [0.2, 0.25) is 0 Å². The summed E-state index contributed by atoms with van der Waals surface area (Å²) in [4.78, 5) is 2.58. The number of rotatable bonds is 5. The maximum Gasteiger partial charge on any atom is 0.0730 e. The van der Waals surface area contributed by atoms with E-state index in [-0.39, 0.29) is 5.41 Å². The molecule has 0 radical (unpaired) electrons. The highest BCUT2D eigenvalue weighted by Crippen LogP contribution is 2.33. The van der Waals surface area contributed by atoms with Gasteiger partial charge in [0.1, 0.15) is 0 Å². The molecule has 0 aromatic rings. The molecule has 17 heavy (non-hydrogen) atoms. The van der Waals surface area contributed by atoms with Crippen molar-refractivity contribution >= 4 is 0 Å². The topological polar surface area (TPSA) is 32.7 Å². The minimum atomic E-state index is 0.0687. The molecule has 0 aromatic carbocycles. The summed E-state index contributed by atoms with van der Waals surface area (Å²) in [7, 11) is 0. The average Bonchev–Trinajstić information content (AvgIpc) is 2.78. The summed E-state index contributed by atoms with van der Waals surface area (Å²) in [5, 5.41) is 9.63. The predicted octanol–water partition coefficient (Wildman–Crippen LogP) is 2.04. The standard InChI is InChI=1S/C14H27NO2/c1-3-7-14(2,11-16)10-15-8-9-17-13-6-4-5-12(13)15/h12-13,16H,3-11H2,1-2H3. The van der Waals surface area contributed by atoms with Gasteiger partial charge in [0, 0.05) is 31.2 Å². The van der Waals surface area contributed by atoms with Crippen LogP contribution in [0, 0.1) is 5.41 Å². The Morgan fingerprint density at radius 2 is 2.24 bits per heavy atom. The van der Waals surface area contributed by atoms with E-state index in [2.05, 4.69) is 18.7 Å². The summed E-state index contributed by atoms with van der Waals surface area (Å²) in [5.41, 5.74) is 0.0687. The second-order valence-corrected chi connectivity index (χ2v) is 6.10. The number of aliphatic hydroxyl groups excluding tert-OH is 1. The van der Waals surface area contributed by atoms with E-state index < -0.39 is 0 Å². The third-order valence-electron chi connectivity index (χ3n) is 4.42. The molecule has 3 heteroatoms. The van der Waals surface area contributed by atoms with Crippen molar-refractivity contribution in [3.8, 4) is 0 Å². The van der Waals surface area contributed by atoms with E-state index >= 15 is 0 Å². The zero-order valence-electron chi connectivity index (χ0n) is 11.3. The molecule has 1 saturated carbocycles. The quantitative estimate of drug-likeness (QED) is 0.799. The molecule has 3 unspecified atom stereocenters. The van der Waals surface area contributed by atoms with Gasteiger partial charge in [0.2, 0.25) is 0 Å². The Morgan fingerprint density at radius 1 is 1.41 bits per heavy atom. The largest absolute Gasteiger partial charge is 0.396 e. The van der Waals surface area contributed by atoms with Crippen molar-refractivity contribution in [3.63, 3.8) is 0 Å². The Balaban J connectivity index is 1.96. The third-order valence-corrected chi connectivity index (χ3v) is 4.42. The van der Waals surface area contributed by atoms with Crippen LogP contribution in [0.4, 0.5) is 0 Å². The first-order chi connectivity index (χ1) is 8.18. The number of ether oxygens (including phenoxy) is 1. The first-order valence-corrected chi connectivity index (χ1v) is 7.15. The molecular formula is C14H27NO2. The van der Waals surface area contributed by atoms with Crippen LogP contribution in [-0.2, 0) is 4.74 Å². The lowest BCUT2D eigenvalue weighted by atomic mass is 9.85. The fourth-order valence-electron chi connectivity index (χ4n) is 3.50. The molecular weight excluding hydrogens is 214 g/mol. The Bertz CT molecular complexity index is 246. The maximum atomic E-state index is 9.63. The molecule has 2 rings (SSSR count). The predicted molar refractivity (Wildman–Crippen MR) is 69.1 cm³/mol. The van der Waals surface area contributed by atoms with Gasteiger partial charge in [-0.2, -0.15) is 0 Å². The molecule has 0 amide bonds. The van der Waals surface area contributed by atoms with Crippen LogP contribution in [0.25, 0.3) is 0 Å². The van der Waals surface area contributed by atoms with E-state index in [1.807, 2.05) is 0 Å². The fourth-order valence-corrected chi connectivity index (χ4v) is 3.50. The van der Waals surface area contributed by atoms with Crippen molar-refractivity contribution in [2.24, 2.45) is 5.41 Å². The van der Waals surface area contributed by atoms with Crippen LogP contribution < -0.4 is 0 Å². The molecule has 1 N–H and O–H groups in total. The van der Waals surface area contributed by atoms with Gasteiger partial charge in [-0.25, -0.2) is 0 Å². The van der Waals surface area contributed by atoms with Gasteiger partial charge in [0.05, 0.1) is 12.7 Å². The summed E-state index contributed by atoms with van der Waals surface area (Å²) in [6.45, 7) is 7.66. The highest BCUT2D eigenvalue weighted by Gasteiger charge is 2.38. The van der Waals surface area contributed by atoms with Gasteiger partial charge >= 0.3 is 0 Å². The summed E-state index contributed by atoms with van der Waals surface area (Å²) in [5.74, 6) is 0. The van der Waals surface area contributed by atoms with Crippen molar-refractivity contribution in [1.29, 1.82) is 0 Å². The van der Waals surface area contributed by atoms with Crippen molar-refractivity contribution < 1.29 is 9.84 Å². The lowest BCUT2D eigenvalue weighted by Gasteiger charge is -2.42. The molecule has 0 bridgehead atoms. The number of fused-ring (bicyclic) bond motifs is 1. The number of nitrogens with zero attached hydrogens (tertiary/aromatic N) is 1. The number of hydrogen-bond acceptors (Lipinski definition) is 3. The van der Waals surface area contributed by atoms with Crippen LogP contribution in [0.1, 0.15) is 46.0 Å². The van der Waals surface area contributed by atoms with Gasteiger partial charge in [0.25, 0.3) is 0 Å². The van der Waals surface area contributed by atoms with Crippen LogP contribution in [-0.4, -0.2) is 48.5 Å². The van der Waals surface area contributed by atoms with E-state index in [1.54, 1.807) is 0 Å². The monoisotopic (exact) mass is 241 g/mol. The van der Waals surface area contributed by atoms with Gasteiger partial charge in [0.15, 0.2) is 0 Å². The van der Waals surface area contributed by atoms with Gasteiger partial charge in [-0.3, -0.25) is 4.90 Å². The SMILES string of the molecule is CCCC(C)(CO)CN1CCOC2CCCC21. The number of morpholine rings is 1. The Hall–Kier alpha value is -0.120. The molecule has 1 saturated heterocycles. The molecule has 3 nitrogen and oxygen atoms in total. The minimum Gasteiger partial charge on any atom is -0.396 e. The highest BCUT2D eigenvalue weighted by atomic mass is 16.5. The molecule has 0 spiro atoms. The zero-order valence-corrected chi connectivity index (χ0v) is 11.3. The molecule has 2 aliphatic rings. The molecule has 2 fully saturated rings. The smallest absolute Gasteiger partial charge is 0.0730 e. The Morgan fingerprint density at radius 3 is 2.94 bits per heavy atom. The first-order valence-electron chi connectivity index (χ1n) is 7.15. The summed E-state index contributed by atoms with van der Waals surface area (Å²) in [6.07, 6.45) is 6.53. The van der Waals surface area contributed by atoms with E-state index in [9.17, 15) is 5.11 Å². The number of aliphatic hydroxyl groups is 1. The van der Waals surface area contributed by atoms with Gasteiger partial charge < -0.3 is 9.84 Å². The van der Waals surface area contributed by atoms with Gasteiger partial charge in [-0.15, -0.1) is 0 Å². The fraction of sp³-hybridized carbons (Fsp3) is 1.00. The van der Waals surface area contributed by atoms with Crippen molar-refractivity contribution in [3.05, 3.63) is 0 Å². The van der Waals surface area contributed by atoms with Gasteiger partial charge in [-0.1, -0.05) is 20.3 Å². The molecule has 1 aliphatic heterocycles. The second kappa shape index (κ2) is 5.68. The number of hydrogen-bond donors (Lipinski definition) is 1. The van der Waals surface area contributed by atoms with Crippen molar-refractivity contribution in [1.82, 2.24) is 4.90 Å². The normalized spacial score (nSPS) is 33.4. The van der Waals surface area contributed by atoms with Crippen molar-refractivity contribution in [2.75, 3.05) is 26.3 Å². The summed E-state index contributed by atoms with van der Waals surface area (Å²) in [6, 6.07) is 0.617. The van der Waals surface area contributed by atoms with E-state index in [0.29, 0.717) is 18.8 Å².